The zero-order valence-electron chi connectivity index (χ0n) is 25.6. The second-order valence-corrected chi connectivity index (χ2v) is 12.9. The number of allylic oxidation sites excluding steroid dienone is 2. The summed E-state index contributed by atoms with van der Waals surface area (Å²) in [5.41, 5.74) is 1.03. The number of ketones is 1. The van der Waals surface area contributed by atoms with E-state index in [4.69, 9.17) is 18.9 Å². The van der Waals surface area contributed by atoms with Crippen LogP contribution < -0.4 is 5.32 Å². The van der Waals surface area contributed by atoms with Crippen LogP contribution in [-0.2, 0) is 33.3 Å². The Kier molecular flexibility index (Phi) is 13.1. The molecule has 0 saturated carbocycles. The summed E-state index contributed by atoms with van der Waals surface area (Å²) in [6, 6.07) is -0.0850. The summed E-state index contributed by atoms with van der Waals surface area (Å²) in [6.07, 6.45) is 16.1. The number of epoxide rings is 1. The molecular weight excluding hydrogens is 542 g/mol. The number of amides is 1. The van der Waals surface area contributed by atoms with Gasteiger partial charge in [0, 0.05) is 38.7 Å². The van der Waals surface area contributed by atoms with Gasteiger partial charge in [-0.3, -0.25) is 14.4 Å². The van der Waals surface area contributed by atoms with Gasteiger partial charge in [0.2, 0.25) is 5.91 Å². The topological polar surface area (TPSA) is 103 Å². The van der Waals surface area contributed by atoms with Crippen LogP contribution in [0.25, 0.3) is 0 Å². The van der Waals surface area contributed by atoms with Gasteiger partial charge in [-0.25, -0.2) is 0 Å². The molecule has 3 saturated heterocycles. The number of rotatable bonds is 14. The highest BCUT2D eigenvalue weighted by molar-refractivity contribution is 7.98. The molecule has 3 rings (SSSR count). The van der Waals surface area contributed by atoms with Gasteiger partial charge in [0.05, 0.1) is 42.7 Å². The van der Waals surface area contributed by atoms with E-state index in [1.54, 1.807) is 24.8 Å². The third-order valence-electron chi connectivity index (χ3n) is 8.01. The molecule has 230 valence electrons. The van der Waals surface area contributed by atoms with Gasteiger partial charge in [0.1, 0.15) is 11.9 Å². The van der Waals surface area contributed by atoms with Crippen LogP contribution in [0.15, 0.2) is 36.0 Å². The Labute approximate surface area is 250 Å². The summed E-state index contributed by atoms with van der Waals surface area (Å²) in [5, 5.41) is 3.03. The molecule has 0 unspecified atom stereocenters. The molecule has 0 aliphatic carbocycles. The lowest BCUT2D eigenvalue weighted by Gasteiger charge is -2.39. The number of thioether (sulfide) groups is 1. The summed E-state index contributed by atoms with van der Waals surface area (Å²) in [4.78, 5) is 35.8. The summed E-state index contributed by atoms with van der Waals surface area (Å²) in [7, 11) is 0. The quantitative estimate of drug-likeness (QED) is 0.0978. The molecule has 3 heterocycles. The monoisotopic (exact) mass is 591 g/mol. The van der Waals surface area contributed by atoms with E-state index in [-0.39, 0.29) is 59.6 Å². The fourth-order valence-corrected chi connectivity index (χ4v) is 6.08. The number of hydrogen-bond donors (Lipinski definition) is 1. The fraction of sp³-hybridized carbons (Fsp3) is 0.719. The number of ether oxygens (including phenoxy) is 4. The third-order valence-corrected chi connectivity index (χ3v) is 8.71. The second-order valence-electron chi connectivity index (χ2n) is 11.9. The van der Waals surface area contributed by atoms with E-state index in [2.05, 4.69) is 43.6 Å². The molecule has 8 atom stereocenters. The predicted molar refractivity (Wildman–Crippen MR) is 162 cm³/mol. The Morgan fingerprint density at radius 1 is 1.15 bits per heavy atom. The van der Waals surface area contributed by atoms with Crippen molar-refractivity contribution < 1.29 is 33.3 Å². The molecule has 0 aromatic rings. The van der Waals surface area contributed by atoms with Gasteiger partial charge in [0.25, 0.3) is 0 Å². The summed E-state index contributed by atoms with van der Waals surface area (Å²) in [6.45, 7) is 10.0. The molecule has 3 aliphatic rings. The van der Waals surface area contributed by atoms with Crippen LogP contribution in [0.1, 0.15) is 79.6 Å². The van der Waals surface area contributed by atoms with E-state index in [1.165, 1.54) is 13.0 Å². The zero-order chi connectivity index (χ0) is 30.0. The molecule has 3 fully saturated rings. The summed E-state index contributed by atoms with van der Waals surface area (Å²) < 4.78 is 23.4. The maximum Gasteiger partial charge on any atom is 0.303 e. The van der Waals surface area contributed by atoms with E-state index < -0.39 is 6.10 Å². The van der Waals surface area contributed by atoms with Crippen molar-refractivity contribution in [1.29, 1.82) is 0 Å². The van der Waals surface area contributed by atoms with Crippen molar-refractivity contribution in [2.75, 3.05) is 18.6 Å². The van der Waals surface area contributed by atoms with E-state index in [1.807, 2.05) is 6.92 Å². The van der Waals surface area contributed by atoms with Crippen molar-refractivity contribution in [3.8, 4) is 0 Å². The first kappa shape index (κ1) is 33.6. The average Bonchev–Trinajstić information content (AvgIpc) is 3.64. The van der Waals surface area contributed by atoms with Gasteiger partial charge >= 0.3 is 5.97 Å². The Hall–Kier alpha value is -1.94. The minimum absolute atomic E-state index is 0.0566. The van der Waals surface area contributed by atoms with Crippen molar-refractivity contribution >= 4 is 29.4 Å². The molecule has 1 spiro atoms. The molecule has 1 amide bonds. The number of Topliss-reactive ketones (excluding diaryl/α,β-unsaturated/α-hetero) is 1. The number of carbonyl (C=O) groups is 3. The normalized spacial score (nSPS) is 32.8. The van der Waals surface area contributed by atoms with Crippen LogP contribution >= 0.6 is 11.8 Å². The van der Waals surface area contributed by atoms with Gasteiger partial charge < -0.3 is 24.3 Å². The minimum atomic E-state index is -0.455. The van der Waals surface area contributed by atoms with E-state index in [9.17, 15) is 14.4 Å². The number of hydrogen-bond acceptors (Lipinski definition) is 8. The van der Waals surface area contributed by atoms with Crippen LogP contribution in [-0.4, -0.2) is 78.4 Å². The first-order valence-corrected chi connectivity index (χ1v) is 16.3. The Bertz CT molecular complexity index is 989. The van der Waals surface area contributed by atoms with Crippen LogP contribution in [0, 0.1) is 5.92 Å². The fourth-order valence-electron chi connectivity index (χ4n) is 5.65. The Morgan fingerprint density at radius 3 is 2.59 bits per heavy atom. The average molecular weight is 592 g/mol. The van der Waals surface area contributed by atoms with Crippen molar-refractivity contribution in [3.63, 3.8) is 0 Å². The largest absolute Gasteiger partial charge is 0.459 e. The Morgan fingerprint density at radius 2 is 1.90 bits per heavy atom. The number of nitrogens with one attached hydrogen (secondary N) is 1. The Balaban J connectivity index is 1.45. The van der Waals surface area contributed by atoms with Gasteiger partial charge in [0.15, 0.2) is 0 Å². The molecule has 0 radical (unpaired) electrons. The number of carbonyl (C=O) groups excluding carboxylic acids is 3. The predicted octanol–water partition coefficient (Wildman–Crippen LogP) is 5.10. The van der Waals surface area contributed by atoms with Gasteiger partial charge in [-0.15, -0.1) is 0 Å². The van der Waals surface area contributed by atoms with Crippen LogP contribution in [0.4, 0.5) is 0 Å². The first-order chi connectivity index (χ1) is 19.5. The van der Waals surface area contributed by atoms with E-state index in [0.29, 0.717) is 12.8 Å². The molecular formula is C32H49NO7S. The third kappa shape index (κ3) is 11.7. The SMILES string of the molecule is CSCCCC(=O)C[C@@H]1C[C@@]2(CO2)C[C@@H](/C=C/C(C)=C/C[C@@H]2O[C@H](C)[C@H](NC(=O)/C=C\[C@H](C)OC(C)=O)C[C@@H]2C)O1. The van der Waals surface area contributed by atoms with Gasteiger partial charge in [-0.2, -0.15) is 11.8 Å². The first-order valence-electron chi connectivity index (χ1n) is 14.9. The molecule has 41 heavy (non-hydrogen) atoms. The van der Waals surface area contributed by atoms with Gasteiger partial charge in [-0.1, -0.05) is 30.7 Å². The van der Waals surface area contributed by atoms with Crippen molar-refractivity contribution in [2.45, 2.75) is 122 Å². The standard InChI is InChI=1S/C32H49NO7S/c1-21(9-12-27-18-32(20-37-32)19-28(40-27)17-26(35)8-7-15-41-6)10-13-30-22(2)16-29(24(4)39-30)33-31(36)14-11-23(3)38-25(5)34/h9-12,14,22-24,27-30H,7-8,13,15-20H2,1-6H3,(H,33,36)/b12-9+,14-11-,21-10+/t22-,23-,24+,27+,28+,29+,30-,32+/m0/s1. The molecule has 0 bridgehead atoms. The van der Waals surface area contributed by atoms with Crippen molar-refractivity contribution in [2.24, 2.45) is 5.92 Å². The highest BCUT2D eigenvalue weighted by atomic mass is 32.2. The zero-order valence-corrected chi connectivity index (χ0v) is 26.4. The molecule has 0 aromatic carbocycles. The second kappa shape index (κ2) is 16.1. The summed E-state index contributed by atoms with van der Waals surface area (Å²) >= 11 is 1.77. The maximum absolute atomic E-state index is 12.4. The highest BCUT2D eigenvalue weighted by Crippen LogP contribution is 2.43. The lowest BCUT2D eigenvalue weighted by molar-refractivity contribution is -0.143. The van der Waals surface area contributed by atoms with Crippen molar-refractivity contribution in [1.82, 2.24) is 5.32 Å². The van der Waals surface area contributed by atoms with E-state index >= 15 is 0 Å². The van der Waals surface area contributed by atoms with Crippen LogP contribution in [0.5, 0.6) is 0 Å². The van der Waals surface area contributed by atoms with Gasteiger partial charge in [-0.05, 0) is 64.0 Å². The smallest absolute Gasteiger partial charge is 0.303 e. The van der Waals surface area contributed by atoms with Crippen LogP contribution in [0.2, 0.25) is 0 Å². The minimum Gasteiger partial charge on any atom is -0.459 e. The highest BCUT2D eigenvalue weighted by Gasteiger charge is 2.51. The molecule has 3 aliphatic heterocycles. The van der Waals surface area contributed by atoms with Crippen molar-refractivity contribution in [3.05, 3.63) is 36.0 Å². The summed E-state index contributed by atoms with van der Waals surface area (Å²) in [5.74, 6) is 0.967. The molecule has 8 nitrogen and oxygen atoms in total. The molecule has 9 heteroatoms. The maximum atomic E-state index is 12.4. The lowest BCUT2D eigenvalue weighted by atomic mass is 9.88. The van der Waals surface area contributed by atoms with E-state index in [0.717, 1.165) is 50.0 Å². The molecule has 0 aromatic heterocycles. The lowest BCUT2D eigenvalue weighted by Crippen LogP contribution is -2.50. The number of esters is 1. The molecule has 1 N–H and O–H groups in total. The van der Waals surface area contributed by atoms with Crippen LogP contribution in [0.3, 0.4) is 0 Å².